The average Bonchev–Trinajstić information content (AvgIpc) is 2.46. The second-order valence-electron chi connectivity index (χ2n) is 8.48. The number of nitrogens with two attached hydrogens (primary N) is 1. The molecular formula is C18H30N2O. The zero-order chi connectivity index (χ0) is 14.6. The lowest BCUT2D eigenvalue weighted by molar-refractivity contribution is -0.153. The van der Waals surface area contributed by atoms with Crippen LogP contribution in [0.1, 0.15) is 51.9 Å². The molecule has 0 aromatic carbocycles. The van der Waals surface area contributed by atoms with E-state index < -0.39 is 0 Å². The van der Waals surface area contributed by atoms with Gasteiger partial charge in [0.15, 0.2) is 0 Å². The summed E-state index contributed by atoms with van der Waals surface area (Å²) in [6.45, 7) is 3.89. The van der Waals surface area contributed by atoms with E-state index in [1.54, 1.807) is 0 Å². The molecule has 21 heavy (non-hydrogen) atoms. The van der Waals surface area contributed by atoms with Crippen molar-refractivity contribution in [2.75, 3.05) is 13.1 Å². The summed E-state index contributed by atoms with van der Waals surface area (Å²) in [6.07, 6.45) is 9.16. The van der Waals surface area contributed by atoms with Gasteiger partial charge in [0.1, 0.15) is 0 Å². The van der Waals surface area contributed by atoms with Crippen LogP contribution in [0.2, 0.25) is 0 Å². The lowest BCUT2D eigenvalue weighted by Crippen LogP contribution is -2.55. The number of amides is 1. The molecule has 2 unspecified atom stereocenters. The SMILES string of the molecule is CC1CCC(CN)CN1C(=O)C1C2CC3CC(C2)CC1C3. The van der Waals surface area contributed by atoms with Crippen LogP contribution in [0.5, 0.6) is 0 Å². The summed E-state index contributed by atoms with van der Waals surface area (Å²) in [4.78, 5) is 15.5. The van der Waals surface area contributed by atoms with Crippen molar-refractivity contribution in [3.8, 4) is 0 Å². The average molecular weight is 290 g/mol. The van der Waals surface area contributed by atoms with E-state index in [0.717, 1.165) is 31.3 Å². The molecule has 2 atom stereocenters. The van der Waals surface area contributed by atoms with Crippen molar-refractivity contribution in [2.45, 2.75) is 57.9 Å². The number of hydrogen-bond acceptors (Lipinski definition) is 2. The van der Waals surface area contributed by atoms with E-state index in [9.17, 15) is 4.79 Å². The third-order valence-corrected chi connectivity index (χ3v) is 7.11. The van der Waals surface area contributed by atoms with Gasteiger partial charge in [-0.1, -0.05) is 0 Å². The van der Waals surface area contributed by atoms with Crippen LogP contribution in [0.3, 0.4) is 0 Å². The van der Waals surface area contributed by atoms with Gasteiger partial charge in [0.05, 0.1) is 0 Å². The Labute approximate surface area is 128 Å². The van der Waals surface area contributed by atoms with E-state index in [2.05, 4.69) is 11.8 Å². The zero-order valence-electron chi connectivity index (χ0n) is 13.3. The second kappa shape index (κ2) is 5.26. The van der Waals surface area contributed by atoms with Crippen LogP contribution in [0.25, 0.3) is 0 Å². The van der Waals surface area contributed by atoms with Crippen molar-refractivity contribution in [2.24, 2.45) is 41.2 Å². The molecule has 1 heterocycles. The molecule has 1 aliphatic heterocycles. The van der Waals surface area contributed by atoms with Gasteiger partial charge < -0.3 is 10.6 Å². The van der Waals surface area contributed by atoms with E-state index in [4.69, 9.17) is 5.73 Å². The third kappa shape index (κ3) is 2.32. The lowest BCUT2D eigenvalue weighted by atomic mass is 9.51. The molecular weight excluding hydrogens is 260 g/mol. The molecule has 0 aromatic rings. The summed E-state index contributed by atoms with van der Waals surface area (Å²) in [5, 5.41) is 0. The van der Waals surface area contributed by atoms with Crippen LogP contribution in [-0.2, 0) is 4.79 Å². The summed E-state index contributed by atoms with van der Waals surface area (Å²) in [5.41, 5.74) is 5.87. The quantitative estimate of drug-likeness (QED) is 0.850. The van der Waals surface area contributed by atoms with Crippen molar-refractivity contribution in [1.29, 1.82) is 0 Å². The van der Waals surface area contributed by atoms with E-state index >= 15 is 0 Å². The number of piperidine rings is 1. The first-order chi connectivity index (χ1) is 10.2. The van der Waals surface area contributed by atoms with E-state index in [1.165, 1.54) is 38.5 Å². The largest absolute Gasteiger partial charge is 0.339 e. The fraction of sp³-hybridized carbons (Fsp3) is 0.944. The van der Waals surface area contributed by atoms with Gasteiger partial charge in [-0.2, -0.15) is 0 Å². The van der Waals surface area contributed by atoms with Gasteiger partial charge in [-0.25, -0.2) is 0 Å². The molecule has 4 saturated carbocycles. The second-order valence-corrected chi connectivity index (χ2v) is 8.48. The van der Waals surface area contributed by atoms with E-state index in [-0.39, 0.29) is 0 Å². The van der Waals surface area contributed by atoms with Gasteiger partial charge in [-0.3, -0.25) is 4.79 Å². The smallest absolute Gasteiger partial charge is 0.226 e. The van der Waals surface area contributed by atoms with Crippen LogP contribution in [0.15, 0.2) is 0 Å². The van der Waals surface area contributed by atoms with Crippen molar-refractivity contribution in [3.63, 3.8) is 0 Å². The molecule has 3 heteroatoms. The molecule has 118 valence electrons. The minimum absolute atomic E-state index is 0.358. The molecule has 4 aliphatic carbocycles. The fourth-order valence-corrected chi connectivity index (χ4v) is 6.20. The first-order valence-corrected chi connectivity index (χ1v) is 9.16. The Kier molecular flexibility index (Phi) is 3.52. The maximum absolute atomic E-state index is 13.2. The van der Waals surface area contributed by atoms with Crippen molar-refractivity contribution >= 4 is 5.91 Å². The monoisotopic (exact) mass is 290 g/mol. The van der Waals surface area contributed by atoms with Crippen molar-refractivity contribution in [3.05, 3.63) is 0 Å². The lowest BCUT2D eigenvalue weighted by Gasteiger charge is -2.55. The summed E-state index contributed by atoms with van der Waals surface area (Å²) >= 11 is 0. The molecule has 5 rings (SSSR count). The minimum Gasteiger partial charge on any atom is -0.339 e. The number of nitrogens with zero attached hydrogens (tertiary/aromatic N) is 1. The summed E-state index contributed by atoms with van der Waals surface area (Å²) in [7, 11) is 0. The molecule has 1 saturated heterocycles. The predicted octanol–water partition coefficient (Wildman–Crippen LogP) is 2.64. The maximum atomic E-state index is 13.2. The molecule has 0 spiro atoms. The third-order valence-electron chi connectivity index (χ3n) is 7.11. The Morgan fingerprint density at radius 2 is 1.67 bits per heavy atom. The fourth-order valence-electron chi connectivity index (χ4n) is 6.20. The number of rotatable bonds is 2. The molecule has 5 fully saturated rings. The summed E-state index contributed by atoms with van der Waals surface area (Å²) < 4.78 is 0. The number of carbonyl (C=O) groups excluding carboxylic acids is 1. The topological polar surface area (TPSA) is 46.3 Å². The van der Waals surface area contributed by atoms with Crippen LogP contribution in [0.4, 0.5) is 0 Å². The summed E-state index contributed by atoms with van der Waals surface area (Å²) in [5.74, 6) is 4.70. The maximum Gasteiger partial charge on any atom is 0.226 e. The molecule has 1 amide bonds. The van der Waals surface area contributed by atoms with E-state index in [0.29, 0.717) is 35.6 Å². The van der Waals surface area contributed by atoms with Crippen molar-refractivity contribution < 1.29 is 4.79 Å². The standard InChI is InChI=1S/C18H30N2O/c1-11-2-3-12(9-19)10-20(11)18(21)17-15-5-13-4-14(7-15)8-16(17)6-13/h11-17H,2-10,19H2,1H3. The highest BCUT2D eigenvalue weighted by molar-refractivity contribution is 5.80. The Bertz CT molecular complexity index is 393. The number of likely N-dealkylation sites (tertiary alicyclic amines) is 1. The van der Waals surface area contributed by atoms with Gasteiger partial charge in [0, 0.05) is 18.5 Å². The number of hydrogen-bond donors (Lipinski definition) is 1. The summed E-state index contributed by atoms with van der Waals surface area (Å²) in [6, 6.07) is 0.428. The molecule has 3 nitrogen and oxygen atoms in total. The molecule has 4 bridgehead atoms. The van der Waals surface area contributed by atoms with Gasteiger partial charge in [0.2, 0.25) is 5.91 Å². The molecule has 5 aliphatic rings. The van der Waals surface area contributed by atoms with Gasteiger partial charge in [-0.15, -0.1) is 0 Å². The van der Waals surface area contributed by atoms with Gasteiger partial charge in [0.25, 0.3) is 0 Å². The highest BCUT2D eigenvalue weighted by Crippen LogP contribution is 2.57. The Balaban J connectivity index is 1.51. The molecule has 0 aromatic heterocycles. The van der Waals surface area contributed by atoms with E-state index in [1.807, 2.05) is 0 Å². The van der Waals surface area contributed by atoms with Gasteiger partial charge >= 0.3 is 0 Å². The predicted molar refractivity (Wildman–Crippen MR) is 83.5 cm³/mol. The van der Waals surface area contributed by atoms with Crippen LogP contribution in [-0.4, -0.2) is 29.9 Å². The normalized spacial score (nSPS) is 48.7. The highest BCUT2D eigenvalue weighted by Gasteiger charge is 2.52. The number of carbonyl (C=O) groups is 1. The van der Waals surface area contributed by atoms with Crippen LogP contribution in [0, 0.1) is 35.5 Å². The zero-order valence-corrected chi connectivity index (χ0v) is 13.3. The van der Waals surface area contributed by atoms with Crippen LogP contribution < -0.4 is 5.73 Å². The Morgan fingerprint density at radius 1 is 1.05 bits per heavy atom. The first kappa shape index (κ1) is 14.0. The Hall–Kier alpha value is -0.570. The Morgan fingerprint density at radius 3 is 2.24 bits per heavy atom. The highest BCUT2D eigenvalue weighted by atomic mass is 16.2. The van der Waals surface area contributed by atoms with Crippen LogP contribution >= 0.6 is 0 Å². The molecule has 2 N–H and O–H groups in total. The van der Waals surface area contributed by atoms with Gasteiger partial charge in [-0.05, 0) is 88.0 Å². The first-order valence-electron chi connectivity index (χ1n) is 9.16. The van der Waals surface area contributed by atoms with Crippen molar-refractivity contribution in [1.82, 2.24) is 4.90 Å². The minimum atomic E-state index is 0.358. The molecule has 0 radical (unpaired) electrons.